The maximum atomic E-state index is 10.9. The molecular formula is C105H146O8. The average Bonchev–Trinajstić information content (AvgIpc) is 1.70. The van der Waals surface area contributed by atoms with Crippen molar-refractivity contribution >= 4 is 0 Å². The predicted octanol–water partition coefficient (Wildman–Crippen LogP) is 24.9. The highest BCUT2D eigenvalue weighted by atomic mass is 16.3. The molecule has 8 heteroatoms. The van der Waals surface area contributed by atoms with Gasteiger partial charge in [-0.3, -0.25) is 0 Å². The number of aliphatic hydroxyl groups is 4. The molecule has 0 amide bonds. The van der Waals surface area contributed by atoms with Gasteiger partial charge in [0.2, 0.25) is 0 Å². The Balaban J connectivity index is 0.000000125. The van der Waals surface area contributed by atoms with Crippen LogP contribution in [0.1, 0.15) is 350 Å². The number of fused-ring (bicyclic) bond motifs is 16. The maximum Gasteiger partial charge on any atom is 0.118 e. The van der Waals surface area contributed by atoms with Crippen LogP contribution in [0.25, 0.3) is 0 Å². The van der Waals surface area contributed by atoms with E-state index in [4.69, 9.17) is 0 Å². The molecule has 4 saturated carbocycles. The molecule has 0 spiro atoms. The van der Waals surface area contributed by atoms with Crippen LogP contribution in [0.15, 0.2) is 142 Å². The minimum Gasteiger partial charge on any atom is -0.508 e. The van der Waals surface area contributed by atoms with Gasteiger partial charge in [-0.05, 0) is 349 Å². The number of aromatic hydroxyl groups is 4. The standard InChI is InChI=1S/C31H40O2.2C25H36O2.C24H34O2/c1-21(2)8-7-15-30-16-17-31(19-23-9-5-4-6-10-23)26-13-14-29(33)22(3)25(26)11-12-27(31)28(30)18-24(32)20-30;2*1-4-25-13-12-24(11-5-6-17(2)3)16-20(27)15-23(24)22(25)9-7-18-14-19(26)8-10-21(18)25;1-16(2)5-4-10-24-12-11-23(3)20-9-7-18(25)13-17(20)6-8-21(23)22(24)14-19(26)15-24/h4-6,9-10,13-14,21,24,32-33H,7-8,11-12,15-20H2,1-3H3;2*8,10,14,17,20,26-27H,4-7,9,11-13,15-16H2,1-3H3;7,9,13,16,19,25-26H,4-6,8,10-12,14-15H2,1-3H3/t24-,30-,31+;2*20-,24-,25+;19-,23+,24+/m1001/s1. The molecule has 5 aromatic rings. The van der Waals surface area contributed by atoms with Crippen molar-refractivity contribution in [3.8, 4) is 23.0 Å². The zero-order valence-corrected chi connectivity index (χ0v) is 72.0. The topological polar surface area (TPSA) is 162 Å². The van der Waals surface area contributed by atoms with Gasteiger partial charge in [0.15, 0.2) is 0 Å². The number of hydrogen-bond donors (Lipinski definition) is 8. The molecule has 0 aliphatic heterocycles. The third kappa shape index (κ3) is 15.9. The minimum absolute atomic E-state index is 0.00562. The van der Waals surface area contributed by atoms with E-state index in [2.05, 4.69) is 138 Å². The van der Waals surface area contributed by atoms with Gasteiger partial charge in [-0.25, -0.2) is 0 Å². The molecule has 614 valence electrons. The van der Waals surface area contributed by atoms with Gasteiger partial charge in [-0.1, -0.05) is 227 Å². The second kappa shape index (κ2) is 33.5. The van der Waals surface area contributed by atoms with Crippen LogP contribution in [0.5, 0.6) is 23.0 Å². The zero-order chi connectivity index (χ0) is 80.2. The SMILES string of the molecule is CC(C)CCC[C@@]12CC[C@]3(C)C(=C1C[C@@H](O)C2)CCc1cc(O)ccc13.CC[C@]12CC[C@@]3(CCCC(C)C)C[C@@H](O)CC3=C1CCc1cc(O)ccc12.CC[C@]12CC[C@@]3(CCCC(C)C)C[C@@H](O)CC3=C1CCc1cc(O)ccc12.Cc1c(O)ccc2c1CCC1=C3C[C@@H](O)C[C@@]3(CCCC(C)C)CC[C@@]12Cc1ccccc1. The predicted molar refractivity (Wildman–Crippen MR) is 464 cm³/mol. The van der Waals surface area contributed by atoms with Crippen LogP contribution in [-0.2, 0) is 53.8 Å². The number of allylic oxidation sites excluding steroid dienone is 4. The van der Waals surface area contributed by atoms with Gasteiger partial charge >= 0.3 is 0 Å². The number of phenols is 4. The molecule has 0 aromatic heterocycles. The van der Waals surface area contributed by atoms with Crippen molar-refractivity contribution in [2.24, 2.45) is 45.3 Å². The molecule has 8 N–H and O–H groups in total. The molecule has 0 radical (unpaired) electrons. The minimum atomic E-state index is -0.193. The Kier molecular flexibility index (Phi) is 24.8. The largest absolute Gasteiger partial charge is 0.508 e. The Morgan fingerprint density at radius 2 is 0.690 bits per heavy atom. The maximum absolute atomic E-state index is 10.9. The first-order valence-corrected chi connectivity index (χ1v) is 46.0. The van der Waals surface area contributed by atoms with E-state index in [1.807, 2.05) is 42.5 Å². The summed E-state index contributed by atoms with van der Waals surface area (Å²) in [5.41, 5.74) is 28.0. The lowest BCUT2D eigenvalue weighted by atomic mass is 9.52. The summed E-state index contributed by atoms with van der Waals surface area (Å²) >= 11 is 0. The highest BCUT2D eigenvalue weighted by Gasteiger charge is 2.58. The number of aryl methyl sites for hydroxylation is 3. The summed E-state index contributed by atoms with van der Waals surface area (Å²) in [5, 5.41) is 83.1. The van der Waals surface area contributed by atoms with Crippen molar-refractivity contribution in [1.82, 2.24) is 0 Å². The Labute approximate surface area is 682 Å². The molecule has 17 rings (SSSR count). The summed E-state index contributed by atoms with van der Waals surface area (Å²) in [5.74, 6) is 4.62. The third-order valence-corrected chi connectivity index (χ3v) is 32.7. The molecule has 12 aliphatic rings. The van der Waals surface area contributed by atoms with E-state index in [0.29, 0.717) is 23.0 Å². The number of rotatable bonds is 20. The second-order valence-corrected chi connectivity index (χ2v) is 41.1. The molecule has 12 aliphatic carbocycles. The summed E-state index contributed by atoms with van der Waals surface area (Å²) in [7, 11) is 0. The molecule has 0 bridgehead atoms. The summed E-state index contributed by atoms with van der Waals surface area (Å²) < 4.78 is 0. The highest BCUT2D eigenvalue weighted by Crippen LogP contribution is 2.68. The van der Waals surface area contributed by atoms with E-state index in [1.165, 1.54) is 172 Å². The van der Waals surface area contributed by atoms with Crippen molar-refractivity contribution in [2.75, 3.05) is 0 Å². The van der Waals surface area contributed by atoms with Gasteiger partial charge < -0.3 is 40.9 Å². The Hall–Kier alpha value is -5.90. The smallest absolute Gasteiger partial charge is 0.118 e. The Bertz CT molecular complexity index is 4240. The molecule has 0 heterocycles. The molecule has 5 aromatic carbocycles. The fraction of sp³-hybridized carbons (Fsp3) is 0.638. The zero-order valence-electron chi connectivity index (χ0n) is 72.0. The lowest BCUT2D eigenvalue weighted by molar-refractivity contribution is 0.140. The van der Waals surface area contributed by atoms with Crippen LogP contribution in [-0.4, -0.2) is 65.3 Å². The van der Waals surface area contributed by atoms with Crippen molar-refractivity contribution in [3.63, 3.8) is 0 Å². The number of hydrogen-bond acceptors (Lipinski definition) is 8. The van der Waals surface area contributed by atoms with Gasteiger partial charge in [-0.2, -0.15) is 0 Å². The van der Waals surface area contributed by atoms with Crippen molar-refractivity contribution < 1.29 is 40.9 Å². The van der Waals surface area contributed by atoms with Crippen LogP contribution in [0, 0.1) is 52.3 Å². The van der Waals surface area contributed by atoms with E-state index in [-0.39, 0.29) is 67.7 Å². The monoisotopic (exact) mass is 1540 g/mol. The van der Waals surface area contributed by atoms with Crippen LogP contribution in [0.3, 0.4) is 0 Å². The lowest BCUT2D eigenvalue weighted by Crippen LogP contribution is -2.43. The van der Waals surface area contributed by atoms with Crippen LogP contribution >= 0.6 is 0 Å². The van der Waals surface area contributed by atoms with E-state index in [0.717, 1.165) is 158 Å². The second-order valence-electron chi connectivity index (χ2n) is 41.1. The van der Waals surface area contributed by atoms with Crippen LogP contribution < -0.4 is 0 Å². The molecule has 4 fully saturated rings. The van der Waals surface area contributed by atoms with Gasteiger partial charge in [0, 0.05) is 21.7 Å². The normalized spacial score (nSPS) is 31.5. The lowest BCUT2D eigenvalue weighted by Gasteiger charge is -2.51. The van der Waals surface area contributed by atoms with Gasteiger partial charge in [0.05, 0.1) is 24.4 Å². The Morgan fingerprint density at radius 1 is 0.354 bits per heavy atom. The summed E-state index contributed by atoms with van der Waals surface area (Å²) in [6, 6.07) is 33.2. The van der Waals surface area contributed by atoms with Crippen molar-refractivity contribution in [2.45, 2.75) is 380 Å². The van der Waals surface area contributed by atoms with Crippen molar-refractivity contribution in [3.05, 3.63) is 197 Å². The van der Waals surface area contributed by atoms with Gasteiger partial charge in [-0.15, -0.1) is 0 Å². The molecular weight excluding hydrogens is 1390 g/mol. The first kappa shape index (κ1) is 83.6. The molecule has 0 saturated heterocycles. The van der Waals surface area contributed by atoms with E-state index in [1.54, 1.807) is 44.6 Å². The summed E-state index contributed by atoms with van der Waals surface area (Å²) in [4.78, 5) is 0. The quantitative estimate of drug-likeness (QED) is 0.0357. The summed E-state index contributed by atoms with van der Waals surface area (Å²) in [6.45, 7) is 27.7. The van der Waals surface area contributed by atoms with E-state index in [9.17, 15) is 40.9 Å². The third-order valence-electron chi connectivity index (χ3n) is 32.7. The first-order chi connectivity index (χ1) is 54.0. The first-order valence-electron chi connectivity index (χ1n) is 46.0. The van der Waals surface area contributed by atoms with Crippen LogP contribution in [0.2, 0.25) is 0 Å². The molecule has 12 atom stereocenters. The van der Waals surface area contributed by atoms with Gasteiger partial charge in [0.25, 0.3) is 0 Å². The number of phenolic OH excluding ortho intramolecular Hbond substituents is 4. The number of aliphatic hydroxyl groups excluding tert-OH is 4. The highest BCUT2D eigenvalue weighted by molar-refractivity contribution is 5.59. The molecule has 8 nitrogen and oxygen atoms in total. The number of benzene rings is 5. The van der Waals surface area contributed by atoms with E-state index >= 15 is 0 Å². The van der Waals surface area contributed by atoms with Crippen molar-refractivity contribution in [1.29, 1.82) is 0 Å². The van der Waals surface area contributed by atoms with Crippen LogP contribution in [0.4, 0.5) is 0 Å². The fourth-order valence-corrected chi connectivity index (χ4v) is 27.3. The molecule has 0 unspecified atom stereocenters. The Morgan fingerprint density at radius 3 is 1.09 bits per heavy atom. The van der Waals surface area contributed by atoms with E-state index < -0.39 is 0 Å². The van der Waals surface area contributed by atoms with Gasteiger partial charge in [0.1, 0.15) is 23.0 Å². The molecule has 113 heavy (non-hydrogen) atoms. The average molecular weight is 1540 g/mol. The fourth-order valence-electron chi connectivity index (χ4n) is 27.3. The summed E-state index contributed by atoms with van der Waals surface area (Å²) in [6.07, 6.45) is 43.3.